The summed E-state index contributed by atoms with van der Waals surface area (Å²) in [4.78, 5) is 24.1. The lowest BCUT2D eigenvalue weighted by Gasteiger charge is -2.07. The Hall–Kier alpha value is -3.20. The zero-order valence-corrected chi connectivity index (χ0v) is 15.0. The van der Waals surface area contributed by atoms with E-state index in [2.05, 4.69) is 15.5 Å². The van der Waals surface area contributed by atoms with Gasteiger partial charge in [-0.3, -0.25) is 14.9 Å². The second-order valence-electron chi connectivity index (χ2n) is 5.22. The van der Waals surface area contributed by atoms with E-state index >= 15 is 0 Å². The van der Waals surface area contributed by atoms with Gasteiger partial charge in [0.15, 0.2) is 0 Å². The highest BCUT2D eigenvalue weighted by Crippen LogP contribution is 2.25. The number of carbonyl (C=O) groups excluding carboxylic acids is 2. The van der Waals surface area contributed by atoms with E-state index in [0.29, 0.717) is 5.75 Å². The molecule has 0 unspecified atom stereocenters. The molecule has 3 aromatic rings. The number of aromatic nitrogens is 2. The van der Waals surface area contributed by atoms with E-state index < -0.39 is 17.6 Å². The molecular weight excluding hydrogens is 373 g/mol. The first-order valence-corrected chi connectivity index (χ1v) is 8.75. The van der Waals surface area contributed by atoms with Gasteiger partial charge in [0.05, 0.1) is 24.0 Å². The third-order valence-electron chi connectivity index (χ3n) is 3.44. The van der Waals surface area contributed by atoms with Gasteiger partial charge in [0.2, 0.25) is 5.91 Å². The molecule has 3 rings (SSSR count). The number of hydrogen-bond acceptors (Lipinski definition) is 7. The minimum absolute atomic E-state index is 0.0149. The first kappa shape index (κ1) is 18.6. The third kappa shape index (κ3) is 4.50. The van der Waals surface area contributed by atoms with Crippen LogP contribution in [0.15, 0.2) is 58.2 Å². The lowest BCUT2D eigenvalue weighted by molar-refractivity contribution is -0.117. The molecule has 0 atom stereocenters. The Bertz CT molecular complexity index is 977. The molecule has 0 spiro atoms. The number of ether oxygens (including phenoxy) is 1. The van der Waals surface area contributed by atoms with E-state index in [1.807, 2.05) is 0 Å². The van der Waals surface area contributed by atoms with Gasteiger partial charge >= 0.3 is 0 Å². The van der Waals surface area contributed by atoms with E-state index in [9.17, 15) is 14.0 Å². The number of nitrogens with one attached hydrogen (secondary N) is 1. The van der Waals surface area contributed by atoms with Gasteiger partial charge in [0.25, 0.3) is 17.0 Å². The van der Waals surface area contributed by atoms with E-state index in [0.717, 1.165) is 11.8 Å². The number of hydrogen-bond donors (Lipinski definition) is 1. The first-order valence-electron chi connectivity index (χ1n) is 7.77. The molecule has 138 valence electrons. The van der Waals surface area contributed by atoms with E-state index in [4.69, 9.17) is 9.15 Å². The van der Waals surface area contributed by atoms with Gasteiger partial charge in [0.1, 0.15) is 11.6 Å². The summed E-state index contributed by atoms with van der Waals surface area (Å²) in [5, 5.41) is 9.88. The maximum Gasteiger partial charge on any atom is 0.277 e. The summed E-state index contributed by atoms with van der Waals surface area (Å²) in [5.74, 6) is -1.35. The van der Waals surface area contributed by atoms with Crippen molar-refractivity contribution in [3.05, 3.63) is 59.9 Å². The van der Waals surface area contributed by atoms with E-state index in [1.165, 1.54) is 19.2 Å². The maximum absolute atomic E-state index is 13.7. The topological polar surface area (TPSA) is 94.3 Å². The van der Waals surface area contributed by atoms with Crippen LogP contribution in [-0.2, 0) is 4.79 Å². The molecule has 0 fully saturated rings. The van der Waals surface area contributed by atoms with Crippen LogP contribution < -0.4 is 10.1 Å². The van der Waals surface area contributed by atoms with Crippen molar-refractivity contribution in [2.45, 2.75) is 5.22 Å². The fourth-order valence-electron chi connectivity index (χ4n) is 2.20. The summed E-state index contributed by atoms with van der Waals surface area (Å²) < 4.78 is 24.2. The number of amides is 2. The Labute approximate surface area is 157 Å². The number of methoxy groups -OCH3 is 1. The van der Waals surface area contributed by atoms with Gasteiger partial charge in [-0.1, -0.05) is 36.0 Å². The zero-order valence-electron chi connectivity index (χ0n) is 14.1. The third-order valence-corrected chi connectivity index (χ3v) is 4.26. The average molecular weight is 387 g/mol. The molecule has 27 heavy (non-hydrogen) atoms. The van der Waals surface area contributed by atoms with Crippen molar-refractivity contribution < 1.29 is 23.1 Å². The molecule has 1 heterocycles. The van der Waals surface area contributed by atoms with Crippen LogP contribution in [0, 0.1) is 5.82 Å². The lowest BCUT2D eigenvalue weighted by Crippen LogP contribution is -2.32. The quantitative estimate of drug-likeness (QED) is 0.650. The smallest absolute Gasteiger partial charge is 0.277 e. The number of rotatable bonds is 6. The van der Waals surface area contributed by atoms with Crippen LogP contribution in [0.3, 0.4) is 0 Å². The number of carbonyl (C=O) groups is 2. The number of nitrogens with zero attached hydrogens (tertiary/aromatic N) is 2. The predicted molar refractivity (Wildman–Crippen MR) is 95.9 cm³/mol. The van der Waals surface area contributed by atoms with Gasteiger partial charge in [-0.05, 0) is 24.3 Å². The summed E-state index contributed by atoms with van der Waals surface area (Å²) in [7, 11) is 1.44. The van der Waals surface area contributed by atoms with Crippen molar-refractivity contribution in [1.82, 2.24) is 15.5 Å². The van der Waals surface area contributed by atoms with Gasteiger partial charge in [-0.2, -0.15) is 0 Å². The molecule has 2 amide bonds. The Morgan fingerprint density at radius 3 is 2.67 bits per heavy atom. The standard InChI is InChI=1S/C18H14FN3O4S/c1-25-14-9-5-3-7-12(14)16(24)20-15(23)10-27-18-22-21-17(26-18)11-6-2-4-8-13(11)19/h2-9H,10H2,1H3,(H,20,23,24). The zero-order chi connectivity index (χ0) is 19.2. The van der Waals surface area contributed by atoms with Crippen molar-refractivity contribution in [3.8, 4) is 17.2 Å². The highest BCUT2D eigenvalue weighted by atomic mass is 32.2. The second kappa shape index (κ2) is 8.45. The molecule has 0 saturated carbocycles. The number of para-hydroxylation sites is 1. The number of imide groups is 1. The SMILES string of the molecule is COc1ccccc1C(=O)NC(=O)CSc1nnc(-c2ccccc2F)o1. The summed E-state index contributed by atoms with van der Waals surface area (Å²) in [6, 6.07) is 12.5. The Morgan fingerprint density at radius 1 is 1.15 bits per heavy atom. The van der Waals surface area contributed by atoms with Crippen LogP contribution in [0.2, 0.25) is 0 Å². The fraction of sp³-hybridized carbons (Fsp3) is 0.111. The average Bonchev–Trinajstić information content (AvgIpc) is 3.15. The van der Waals surface area contributed by atoms with Crippen LogP contribution in [-0.4, -0.2) is 34.9 Å². The maximum atomic E-state index is 13.7. The predicted octanol–water partition coefficient (Wildman–Crippen LogP) is 2.93. The minimum Gasteiger partial charge on any atom is -0.496 e. The molecule has 1 N–H and O–H groups in total. The van der Waals surface area contributed by atoms with Crippen molar-refractivity contribution in [2.24, 2.45) is 0 Å². The summed E-state index contributed by atoms with van der Waals surface area (Å²) in [6.07, 6.45) is 0. The molecule has 0 aliphatic heterocycles. The molecule has 7 nitrogen and oxygen atoms in total. The number of benzene rings is 2. The van der Waals surface area contributed by atoms with E-state index in [1.54, 1.807) is 36.4 Å². The monoisotopic (exact) mass is 387 g/mol. The molecule has 0 radical (unpaired) electrons. The highest BCUT2D eigenvalue weighted by Gasteiger charge is 2.17. The van der Waals surface area contributed by atoms with Crippen molar-refractivity contribution in [3.63, 3.8) is 0 Å². The molecule has 0 saturated heterocycles. The fourth-order valence-corrected chi connectivity index (χ4v) is 2.76. The molecule has 0 aliphatic rings. The van der Waals surface area contributed by atoms with Crippen LogP contribution in [0.4, 0.5) is 4.39 Å². The molecule has 0 aliphatic carbocycles. The highest BCUT2D eigenvalue weighted by molar-refractivity contribution is 7.99. The van der Waals surface area contributed by atoms with Crippen LogP contribution in [0.1, 0.15) is 10.4 Å². The molecular formula is C18H14FN3O4S. The van der Waals surface area contributed by atoms with Crippen molar-refractivity contribution >= 4 is 23.6 Å². The summed E-state index contributed by atoms with van der Waals surface area (Å²) in [6.45, 7) is 0. The second-order valence-corrected chi connectivity index (χ2v) is 6.15. The van der Waals surface area contributed by atoms with Crippen LogP contribution in [0.25, 0.3) is 11.5 Å². The molecule has 2 aromatic carbocycles. The lowest BCUT2D eigenvalue weighted by atomic mass is 10.2. The molecule has 1 aromatic heterocycles. The van der Waals surface area contributed by atoms with Crippen LogP contribution in [0.5, 0.6) is 5.75 Å². The first-order chi connectivity index (χ1) is 13.1. The van der Waals surface area contributed by atoms with Crippen LogP contribution >= 0.6 is 11.8 Å². The van der Waals surface area contributed by atoms with Crippen molar-refractivity contribution in [2.75, 3.05) is 12.9 Å². The number of halogens is 1. The summed E-state index contributed by atoms with van der Waals surface area (Å²) in [5.41, 5.74) is 0.422. The van der Waals surface area contributed by atoms with Gasteiger partial charge in [-0.25, -0.2) is 4.39 Å². The van der Waals surface area contributed by atoms with Crippen molar-refractivity contribution in [1.29, 1.82) is 0 Å². The largest absolute Gasteiger partial charge is 0.496 e. The van der Waals surface area contributed by atoms with E-state index in [-0.39, 0.29) is 28.0 Å². The van der Waals surface area contributed by atoms with Gasteiger partial charge in [0, 0.05) is 0 Å². The van der Waals surface area contributed by atoms with Gasteiger partial charge < -0.3 is 9.15 Å². The molecule has 9 heteroatoms. The Balaban J connectivity index is 1.58. The Morgan fingerprint density at radius 2 is 1.89 bits per heavy atom. The summed E-state index contributed by atoms with van der Waals surface area (Å²) >= 11 is 0.939. The van der Waals surface area contributed by atoms with Gasteiger partial charge in [-0.15, -0.1) is 10.2 Å². The minimum atomic E-state index is -0.573. The normalized spacial score (nSPS) is 10.4. The number of thioether (sulfide) groups is 1. The Kier molecular flexibility index (Phi) is 5.82. The molecule has 0 bridgehead atoms.